The number of rotatable bonds is 12. The van der Waals surface area contributed by atoms with Crippen LogP contribution in [0.4, 0.5) is 10.5 Å². The summed E-state index contributed by atoms with van der Waals surface area (Å²) in [5, 5.41) is 3.31. The Morgan fingerprint density at radius 2 is 1.82 bits per heavy atom. The van der Waals surface area contributed by atoms with E-state index < -0.39 is 12.1 Å². The summed E-state index contributed by atoms with van der Waals surface area (Å²) in [5.74, 6) is 0.973. The smallest absolute Gasteiger partial charge is 0.415 e. The van der Waals surface area contributed by atoms with E-state index in [9.17, 15) is 9.59 Å². The molecule has 1 N–H and O–H groups in total. The molecule has 0 aliphatic heterocycles. The number of amides is 1. The molecule has 0 saturated heterocycles. The highest BCUT2D eigenvalue weighted by Crippen LogP contribution is 2.42. The van der Waals surface area contributed by atoms with Crippen molar-refractivity contribution in [2.24, 2.45) is 17.8 Å². The first kappa shape index (κ1) is 34.6. The van der Waals surface area contributed by atoms with Crippen LogP contribution in [0, 0.1) is 38.2 Å². The zero-order chi connectivity index (χ0) is 32.8. The van der Waals surface area contributed by atoms with Gasteiger partial charge in [0.2, 0.25) is 5.88 Å². The van der Waals surface area contributed by atoms with E-state index in [4.69, 9.17) is 44.2 Å². The molecule has 244 valence electrons. The minimum atomic E-state index is -0.725. The van der Waals surface area contributed by atoms with Gasteiger partial charge in [-0.15, -0.1) is 23.2 Å². The molecule has 11 heteroatoms. The van der Waals surface area contributed by atoms with Gasteiger partial charge in [0, 0.05) is 30.8 Å². The normalized spacial score (nSPS) is 20.5. The lowest BCUT2D eigenvalue weighted by atomic mass is 9.75. The maximum absolute atomic E-state index is 14.0. The standard InChI is InChI=1S/C34H45Cl2N5O4/c1-8-9-10-26(25-12-11-20(2)17-22(25)4)30-38-31-27(33(42)44-29-23(5)18-21(3)19-24(29)6)28(37-7)32(41(31)39-30)45-34(43)40(15-13-35)16-14-36/h11-12,17,21,23-24,26,29H,8-10,13-16,18-19H2,1-6H3,(H,38,39). The van der Waals surface area contributed by atoms with Crippen LogP contribution in [0.25, 0.3) is 10.5 Å². The maximum Gasteiger partial charge on any atom is 0.415 e. The lowest BCUT2D eigenvalue weighted by Gasteiger charge is -2.37. The Balaban J connectivity index is 1.86. The van der Waals surface area contributed by atoms with Gasteiger partial charge >= 0.3 is 12.1 Å². The molecular weight excluding hydrogens is 613 g/mol. The Morgan fingerprint density at radius 1 is 1.16 bits per heavy atom. The molecule has 3 unspecified atom stereocenters. The summed E-state index contributed by atoms with van der Waals surface area (Å²) in [6.45, 7) is 21.2. The largest absolute Gasteiger partial charge is 0.459 e. The van der Waals surface area contributed by atoms with E-state index in [1.807, 2.05) is 0 Å². The van der Waals surface area contributed by atoms with Gasteiger partial charge in [-0.3, -0.25) is 5.10 Å². The topological polar surface area (TPSA) is 93.3 Å². The summed E-state index contributed by atoms with van der Waals surface area (Å²) >= 11 is 11.9. The van der Waals surface area contributed by atoms with Gasteiger partial charge in [-0.25, -0.2) is 23.9 Å². The van der Waals surface area contributed by atoms with Gasteiger partial charge in [0.1, 0.15) is 17.5 Å². The van der Waals surface area contributed by atoms with Crippen molar-refractivity contribution in [1.82, 2.24) is 19.5 Å². The summed E-state index contributed by atoms with van der Waals surface area (Å²) in [4.78, 5) is 37.3. The van der Waals surface area contributed by atoms with Crippen LogP contribution < -0.4 is 4.74 Å². The fraction of sp³-hybridized carbons (Fsp3) is 0.588. The van der Waals surface area contributed by atoms with E-state index in [-0.39, 0.29) is 71.5 Å². The molecule has 0 bridgehead atoms. The highest BCUT2D eigenvalue weighted by molar-refractivity contribution is 6.18. The van der Waals surface area contributed by atoms with Crippen molar-refractivity contribution >= 4 is 46.6 Å². The molecule has 1 aliphatic rings. The van der Waals surface area contributed by atoms with Gasteiger partial charge in [0.25, 0.3) is 5.69 Å². The first-order valence-corrected chi connectivity index (χ1v) is 17.0. The highest BCUT2D eigenvalue weighted by Gasteiger charge is 2.38. The Labute approximate surface area is 276 Å². The monoisotopic (exact) mass is 657 g/mol. The number of esters is 1. The minimum absolute atomic E-state index is 0.00979. The van der Waals surface area contributed by atoms with Crippen molar-refractivity contribution in [3.63, 3.8) is 0 Å². The lowest BCUT2D eigenvalue weighted by molar-refractivity contribution is -0.0249. The van der Waals surface area contributed by atoms with E-state index in [1.54, 1.807) is 0 Å². The van der Waals surface area contributed by atoms with Crippen LogP contribution >= 0.6 is 23.2 Å². The highest BCUT2D eigenvalue weighted by atomic mass is 35.5. The number of alkyl halides is 2. The molecule has 45 heavy (non-hydrogen) atoms. The molecular formula is C34H45Cl2N5O4. The van der Waals surface area contributed by atoms with Gasteiger partial charge in [0.05, 0.1) is 6.57 Å². The Morgan fingerprint density at radius 3 is 2.40 bits per heavy atom. The van der Waals surface area contributed by atoms with Crippen molar-refractivity contribution in [3.8, 4) is 5.88 Å². The van der Waals surface area contributed by atoms with Crippen molar-refractivity contribution < 1.29 is 19.1 Å². The van der Waals surface area contributed by atoms with Crippen molar-refractivity contribution in [3.05, 3.63) is 57.7 Å². The number of benzene rings is 1. The quantitative estimate of drug-likeness (QED) is 0.119. The molecule has 1 fully saturated rings. The zero-order valence-electron chi connectivity index (χ0n) is 27.2. The lowest BCUT2D eigenvalue weighted by Crippen LogP contribution is -2.37. The summed E-state index contributed by atoms with van der Waals surface area (Å²) in [6, 6.07) is 6.35. The Bertz CT molecular complexity index is 1530. The number of nitrogens with one attached hydrogen (secondary N) is 1. The second-order valence-corrected chi connectivity index (χ2v) is 13.4. The second-order valence-electron chi connectivity index (χ2n) is 12.6. The molecule has 1 amide bonds. The number of unbranched alkanes of at least 4 members (excludes halogenated alkanes) is 1. The number of halogens is 2. The number of aromatic amines is 1. The number of aromatic nitrogens is 3. The summed E-state index contributed by atoms with van der Waals surface area (Å²) in [7, 11) is 0. The van der Waals surface area contributed by atoms with Gasteiger partial charge < -0.3 is 14.4 Å². The fourth-order valence-corrected chi connectivity index (χ4v) is 7.26. The molecule has 9 nitrogen and oxygen atoms in total. The summed E-state index contributed by atoms with van der Waals surface area (Å²) in [6.07, 6.45) is 3.64. The Kier molecular flexibility index (Phi) is 11.8. The van der Waals surface area contributed by atoms with Crippen molar-refractivity contribution in [1.29, 1.82) is 0 Å². The number of H-pyrrole nitrogens is 1. The number of nitrogens with zero attached hydrogens (tertiary/aromatic N) is 4. The first-order valence-electron chi connectivity index (χ1n) is 15.9. The van der Waals surface area contributed by atoms with Gasteiger partial charge in [-0.2, -0.15) is 0 Å². The molecule has 1 aromatic carbocycles. The summed E-state index contributed by atoms with van der Waals surface area (Å²) in [5.41, 5.74) is 3.48. The average molecular weight is 659 g/mol. The fourth-order valence-electron chi connectivity index (χ4n) is 6.85. The zero-order valence-corrected chi connectivity index (χ0v) is 28.7. The third kappa shape index (κ3) is 7.61. The second kappa shape index (κ2) is 15.4. The van der Waals surface area contributed by atoms with E-state index in [2.05, 4.69) is 69.7 Å². The Hall–Kier alpha value is -3.22. The van der Waals surface area contributed by atoms with E-state index in [0.717, 1.165) is 48.8 Å². The van der Waals surface area contributed by atoms with Crippen LogP contribution in [0.2, 0.25) is 0 Å². The molecule has 4 rings (SSSR count). The number of aryl methyl sites for hydroxylation is 2. The number of hydrogen-bond acceptors (Lipinski definition) is 5. The third-order valence-corrected chi connectivity index (χ3v) is 9.23. The SMILES string of the molecule is [C-]#[N+]c1c(C(=O)OC2C(C)CC(C)CC2C)c2nc(C(CCCC)c3ccc(C)cc3C)[nH]n2c1OC(=O)N(CCCl)CCCl. The molecule has 1 aliphatic carbocycles. The number of carbonyl (C=O) groups excluding carboxylic acids is 2. The third-order valence-electron chi connectivity index (χ3n) is 8.89. The molecule has 1 saturated carbocycles. The maximum atomic E-state index is 14.0. The molecule has 3 aromatic rings. The van der Waals surface area contributed by atoms with E-state index in [0.29, 0.717) is 11.7 Å². The number of carbonyl (C=O) groups is 2. The molecule has 0 radical (unpaired) electrons. The molecule has 2 heterocycles. The van der Waals surface area contributed by atoms with E-state index in [1.165, 1.54) is 9.42 Å². The van der Waals surface area contributed by atoms with E-state index >= 15 is 0 Å². The van der Waals surface area contributed by atoms with Crippen molar-refractivity contribution in [2.45, 2.75) is 85.7 Å². The molecule has 3 atom stereocenters. The predicted molar refractivity (Wildman–Crippen MR) is 178 cm³/mol. The average Bonchev–Trinajstić information content (AvgIpc) is 3.53. The number of fused-ring (bicyclic) bond motifs is 1. The van der Waals surface area contributed by atoms with Gasteiger partial charge in [0.15, 0.2) is 5.65 Å². The number of hydrogen-bond donors (Lipinski definition) is 1. The van der Waals surface area contributed by atoms with Gasteiger partial charge in [-0.05, 0) is 62.0 Å². The molecule has 2 aromatic heterocycles. The van der Waals surface area contributed by atoms with Crippen LogP contribution in [0.15, 0.2) is 18.2 Å². The van der Waals surface area contributed by atoms with Crippen LogP contribution in [0.5, 0.6) is 5.88 Å². The first-order chi connectivity index (χ1) is 21.5. The van der Waals surface area contributed by atoms with Crippen molar-refractivity contribution in [2.75, 3.05) is 24.8 Å². The molecule has 0 spiro atoms. The predicted octanol–water partition coefficient (Wildman–Crippen LogP) is 8.66. The van der Waals surface area contributed by atoms with Crippen LogP contribution in [-0.2, 0) is 4.74 Å². The van der Waals surface area contributed by atoms with Crippen LogP contribution in [-0.4, -0.2) is 62.5 Å². The van der Waals surface area contributed by atoms with Crippen LogP contribution in [0.1, 0.15) is 98.6 Å². The van der Waals surface area contributed by atoms with Crippen LogP contribution in [0.3, 0.4) is 0 Å². The number of ether oxygens (including phenoxy) is 2. The summed E-state index contributed by atoms with van der Waals surface area (Å²) < 4.78 is 13.5. The minimum Gasteiger partial charge on any atom is -0.459 e. The van der Waals surface area contributed by atoms with Gasteiger partial charge in [-0.1, -0.05) is 64.3 Å².